The van der Waals surface area contributed by atoms with Crippen LogP contribution in [0.15, 0.2) is 48.5 Å². The molecule has 88 valence electrons. The van der Waals surface area contributed by atoms with E-state index in [-0.39, 0.29) is 6.10 Å². The van der Waals surface area contributed by atoms with Crippen molar-refractivity contribution in [3.8, 4) is 0 Å². The van der Waals surface area contributed by atoms with Gasteiger partial charge in [0.2, 0.25) is 0 Å². The lowest BCUT2D eigenvalue weighted by atomic mass is 10.0. The van der Waals surface area contributed by atoms with Crippen molar-refractivity contribution in [1.82, 2.24) is 0 Å². The quantitative estimate of drug-likeness (QED) is 0.781. The zero-order chi connectivity index (χ0) is 12.3. The van der Waals surface area contributed by atoms with Crippen molar-refractivity contribution in [3.63, 3.8) is 0 Å². The van der Waals surface area contributed by atoms with Crippen LogP contribution < -0.4 is 0 Å². The summed E-state index contributed by atoms with van der Waals surface area (Å²) >= 11 is 12.1. The summed E-state index contributed by atoms with van der Waals surface area (Å²) in [5.41, 5.74) is 1.99. The van der Waals surface area contributed by atoms with E-state index in [1.165, 1.54) is 0 Å². The third-order valence-corrected chi connectivity index (χ3v) is 3.15. The Kier molecular flexibility index (Phi) is 4.06. The number of benzene rings is 2. The zero-order valence-corrected chi connectivity index (χ0v) is 10.9. The summed E-state index contributed by atoms with van der Waals surface area (Å²) in [6.45, 7) is 0. The standard InChI is InChI=1S/C14H12Cl2O/c1-17-14(10-5-3-2-4-6-10)12-8-7-11(15)9-13(12)16/h2-9,14H,1H3. The number of hydrogen-bond acceptors (Lipinski definition) is 1. The van der Waals surface area contributed by atoms with E-state index >= 15 is 0 Å². The van der Waals surface area contributed by atoms with Gasteiger partial charge in [0, 0.05) is 22.7 Å². The number of halogens is 2. The Balaban J connectivity index is 2.42. The Hall–Kier alpha value is -1.02. The van der Waals surface area contributed by atoms with Crippen LogP contribution in [0.25, 0.3) is 0 Å². The lowest BCUT2D eigenvalue weighted by Crippen LogP contribution is -2.03. The fraction of sp³-hybridized carbons (Fsp3) is 0.143. The molecule has 2 aromatic carbocycles. The number of ether oxygens (including phenoxy) is 1. The van der Waals surface area contributed by atoms with Crippen LogP contribution in [-0.2, 0) is 4.74 Å². The summed E-state index contributed by atoms with van der Waals surface area (Å²) in [7, 11) is 1.67. The van der Waals surface area contributed by atoms with Crippen LogP contribution in [0.4, 0.5) is 0 Å². The zero-order valence-electron chi connectivity index (χ0n) is 9.36. The van der Waals surface area contributed by atoms with E-state index in [4.69, 9.17) is 27.9 Å². The Morgan fingerprint density at radius 3 is 2.29 bits per heavy atom. The summed E-state index contributed by atoms with van der Waals surface area (Å²) in [4.78, 5) is 0. The molecule has 2 rings (SSSR count). The van der Waals surface area contributed by atoms with E-state index in [0.29, 0.717) is 10.0 Å². The average molecular weight is 267 g/mol. The van der Waals surface area contributed by atoms with Crippen molar-refractivity contribution in [2.24, 2.45) is 0 Å². The highest BCUT2D eigenvalue weighted by molar-refractivity contribution is 6.35. The molecular weight excluding hydrogens is 255 g/mol. The van der Waals surface area contributed by atoms with Crippen molar-refractivity contribution < 1.29 is 4.74 Å². The Bertz CT molecular complexity index is 497. The minimum Gasteiger partial charge on any atom is -0.372 e. The third-order valence-electron chi connectivity index (χ3n) is 2.58. The minimum atomic E-state index is -0.166. The van der Waals surface area contributed by atoms with Gasteiger partial charge in [0.1, 0.15) is 6.10 Å². The molecule has 1 unspecified atom stereocenters. The van der Waals surface area contributed by atoms with Gasteiger partial charge in [0.25, 0.3) is 0 Å². The van der Waals surface area contributed by atoms with Crippen LogP contribution >= 0.6 is 23.2 Å². The van der Waals surface area contributed by atoms with Gasteiger partial charge in [-0.2, -0.15) is 0 Å². The first kappa shape index (κ1) is 12.4. The predicted molar refractivity (Wildman–Crippen MR) is 71.8 cm³/mol. The van der Waals surface area contributed by atoms with Gasteiger partial charge in [-0.25, -0.2) is 0 Å². The molecule has 0 spiro atoms. The molecule has 0 saturated carbocycles. The number of rotatable bonds is 3. The molecule has 0 bridgehead atoms. The molecule has 0 saturated heterocycles. The van der Waals surface area contributed by atoms with Crippen LogP contribution in [0.5, 0.6) is 0 Å². The summed E-state index contributed by atoms with van der Waals surface area (Å²) in [6, 6.07) is 15.4. The second-order valence-corrected chi connectivity index (χ2v) is 4.54. The molecule has 3 heteroatoms. The normalized spacial score (nSPS) is 12.4. The van der Waals surface area contributed by atoms with E-state index in [1.54, 1.807) is 13.2 Å². The molecule has 1 nitrogen and oxygen atoms in total. The molecule has 0 aliphatic heterocycles. The van der Waals surface area contributed by atoms with E-state index in [9.17, 15) is 0 Å². The number of methoxy groups -OCH3 is 1. The van der Waals surface area contributed by atoms with Crippen molar-refractivity contribution in [2.45, 2.75) is 6.10 Å². The Morgan fingerprint density at radius 1 is 1.00 bits per heavy atom. The maximum absolute atomic E-state index is 6.19. The van der Waals surface area contributed by atoms with Gasteiger partial charge in [-0.3, -0.25) is 0 Å². The first-order valence-corrected chi connectivity index (χ1v) is 6.00. The van der Waals surface area contributed by atoms with Gasteiger partial charge in [-0.1, -0.05) is 59.6 Å². The Morgan fingerprint density at radius 2 is 1.71 bits per heavy atom. The monoisotopic (exact) mass is 266 g/mol. The summed E-state index contributed by atoms with van der Waals surface area (Å²) < 4.78 is 5.52. The molecule has 0 N–H and O–H groups in total. The minimum absolute atomic E-state index is 0.166. The van der Waals surface area contributed by atoms with E-state index in [2.05, 4.69) is 0 Å². The second-order valence-electron chi connectivity index (χ2n) is 3.69. The molecular formula is C14H12Cl2O. The molecule has 1 atom stereocenters. The van der Waals surface area contributed by atoms with Gasteiger partial charge < -0.3 is 4.74 Å². The smallest absolute Gasteiger partial charge is 0.109 e. The largest absolute Gasteiger partial charge is 0.372 e. The van der Waals surface area contributed by atoms with Gasteiger partial charge in [-0.05, 0) is 17.7 Å². The fourth-order valence-corrected chi connectivity index (χ4v) is 2.29. The maximum atomic E-state index is 6.19. The van der Waals surface area contributed by atoms with Crippen LogP contribution in [-0.4, -0.2) is 7.11 Å². The molecule has 0 fully saturated rings. The molecule has 0 aromatic heterocycles. The van der Waals surface area contributed by atoms with Crippen LogP contribution in [0.2, 0.25) is 10.0 Å². The second kappa shape index (κ2) is 5.54. The van der Waals surface area contributed by atoms with Crippen molar-refractivity contribution >= 4 is 23.2 Å². The van der Waals surface area contributed by atoms with E-state index in [0.717, 1.165) is 11.1 Å². The highest BCUT2D eigenvalue weighted by atomic mass is 35.5. The molecule has 0 amide bonds. The highest BCUT2D eigenvalue weighted by Crippen LogP contribution is 2.32. The molecule has 17 heavy (non-hydrogen) atoms. The Labute approximate surface area is 111 Å². The molecule has 0 radical (unpaired) electrons. The SMILES string of the molecule is COC(c1ccccc1)c1ccc(Cl)cc1Cl. The first-order valence-electron chi connectivity index (χ1n) is 5.25. The van der Waals surface area contributed by atoms with Crippen LogP contribution in [0.3, 0.4) is 0 Å². The lowest BCUT2D eigenvalue weighted by molar-refractivity contribution is 0.136. The molecule has 0 aliphatic rings. The molecule has 0 aliphatic carbocycles. The highest BCUT2D eigenvalue weighted by Gasteiger charge is 2.16. The lowest BCUT2D eigenvalue weighted by Gasteiger charge is -2.17. The van der Waals surface area contributed by atoms with Gasteiger partial charge in [0.05, 0.1) is 0 Å². The maximum Gasteiger partial charge on any atom is 0.109 e. The molecule has 2 aromatic rings. The topological polar surface area (TPSA) is 9.23 Å². The van der Waals surface area contributed by atoms with Crippen LogP contribution in [0.1, 0.15) is 17.2 Å². The summed E-state index contributed by atoms with van der Waals surface area (Å²) in [6.07, 6.45) is -0.166. The van der Waals surface area contributed by atoms with Gasteiger partial charge in [-0.15, -0.1) is 0 Å². The average Bonchev–Trinajstić information content (AvgIpc) is 2.34. The van der Waals surface area contributed by atoms with Crippen molar-refractivity contribution in [1.29, 1.82) is 0 Å². The van der Waals surface area contributed by atoms with E-state index in [1.807, 2.05) is 42.5 Å². The summed E-state index contributed by atoms with van der Waals surface area (Å²) in [5, 5.41) is 1.25. The van der Waals surface area contributed by atoms with Gasteiger partial charge >= 0.3 is 0 Å². The van der Waals surface area contributed by atoms with Crippen molar-refractivity contribution in [2.75, 3.05) is 7.11 Å². The number of hydrogen-bond donors (Lipinski definition) is 0. The fourth-order valence-electron chi connectivity index (χ4n) is 1.78. The predicted octanol–water partition coefficient (Wildman–Crippen LogP) is 4.73. The molecule has 0 heterocycles. The van der Waals surface area contributed by atoms with Gasteiger partial charge in [0.15, 0.2) is 0 Å². The third kappa shape index (κ3) is 2.81. The van der Waals surface area contributed by atoms with E-state index < -0.39 is 0 Å². The van der Waals surface area contributed by atoms with Crippen LogP contribution in [0, 0.1) is 0 Å². The van der Waals surface area contributed by atoms with Crippen molar-refractivity contribution in [3.05, 3.63) is 69.7 Å². The first-order chi connectivity index (χ1) is 8.22. The summed E-state index contributed by atoms with van der Waals surface area (Å²) in [5.74, 6) is 0.